The van der Waals surface area contributed by atoms with E-state index in [0.717, 1.165) is 5.56 Å². The summed E-state index contributed by atoms with van der Waals surface area (Å²) in [5.41, 5.74) is 7.88. The maximum absolute atomic E-state index is 11.5. The third kappa shape index (κ3) is 1.26. The van der Waals surface area contributed by atoms with Gasteiger partial charge in [0.1, 0.15) is 5.75 Å². The van der Waals surface area contributed by atoms with Gasteiger partial charge in [0.05, 0.1) is 12.2 Å². The van der Waals surface area contributed by atoms with E-state index >= 15 is 0 Å². The number of anilines is 1. The molecule has 0 unspecified atom stereocenters. The van der Waals surface area contributed by atoms with E-state index in [1.165, 1.54) is 0 Å². The minimum atomic E-state index is 0.152. The van der Waals surface area contributed by atoms with Gasteiger partial charge in [-0.05, 0) is 18.6 Å². The van der Waals surface area contributed by atoms with Gasteiger partial charge in [-0.25, -0.2) is 0 Å². The largest absolute Gasteiger partial charge is 0.492 e. The summed E-state index contributed by atoms with van der Waals surface area (Å²) < 4.78 is 5.35. The number of carbonyl (C=O) groups excluding carboxylic acids is 1. The standard InChI is InChI=1S/C10H11NO2/c1-6-4-7(11)5-9-10(6)8(12)2-3-13-9/h4-5H,2-3,11H2,1H3. The van der Waals surface area contributed by atoms with Gasteiger partial charge in [-0.2, -0.15) is 0 Å². The highest BCUT2D eigenvalue weighted by Gasteiger charge is 2.20. The first-order valence-electron chi connectivity index (χ1n) is 4.24. The number of benzene rings is 1. The molecule has 68 valence electrons. The van der Waals surface area contributed by atoms with Crippen molar-refractivity contribution in [2.45, 2.75) is 13.3 Å². The minimum Gasteiger partial charge on any atom is -0.492 e. The second kappa shape index (κ2) is 2.76. The topological polar surface area (TPSA) is 52.3 Å². The summed E-state index contributed by atoms with van der Waals surface area (Å²) in [6.45, 7) is 2.34. The van der Waals surface area contributed by atoms with Crippen molar-refractivity contribution < 1.29 is 9.53 Å². The summed E-state index contributed by atoms with van der Waals surface area (Å²) in [6.07, 6.45) is 0.470. The first-order chi connectivity index (χ1) is 6.18. The molecular weight excluding hydrogens is 166 g/mol. The summed E-state index contributed by atoms with van der Waals surface area (Å²) >= 11 is 0. The molecule has 0 atom stereocenters. The van der Waals surface area contributed by atoms with E-state index in [-0.39, 0.29) is 5.78 Å². The Balaban J connectivity index is 2.63. The average Bonchev–Trinajstić information content (AvgIpc) is 2.02. The quantitative estimate of drug-likeness (QED) is 0.611. The Kier molecular flexibility index (Phi) is 1.72. The van der Waals surface area contributed by atoms with Crippen LogP contribution in [0.2, 0.25) is 0 Å². The molecule has 13 heavy (non-hydrogen) atoms. The molecule has 0 saturated heterocycles. The molecule has 0 aromatic heterocycles. The van der Waals surface area contributed by atoms with Crippen LogP contribution in [-0.2, 0) is 0 Å². The molecular formula is C10H11NO2. The van der Waals surface area contributed by atoms with Gasteiger partial charge in [-0.3, -0.25) is 4.79 Å². The molecule has 3 nitrogen and oxygen atoms in total. The van der Waals surface area contributed by atoms with Crippen LogP contribution in [0.1, 0.15) is 22.3 Å². The van der Waals surface area contributed by atoms with Crippen LogP contribution in [-0.4, -0.2) is 12.4 Å². The van der Waals surface area contributed by atoms with Gasteiger partial charge in [0.25, 0.3) is 0 Å². The van der Waals surface area contributed by atoms with Gasteiger partial charge in [-0.15, -0.1) is 0 Å². The molecule has 0 bridgehead atoms. The number of nitrogen functional groups attached to an aromatic ring is 1. The van der Waals surface area contributed by atoms with E-state index in [1.807, 2.05) is 6.92 Å². The van der Waals surface area contributed by atoms with E-state index in [9.17, 15) is 4.79 Å². The van der Waals surface area contributed by atoms with Crippen molar-refractivity contribution in [1.82, 2.24) is 0 Å². The Morgan fingerprint density at radius 1 is 1.46 bits per heavy atom. The van der Waals surface area contributed by atoms with Crippen molar-refractivity contribution in [3.05, 3.63) is 23.3 Å². The number of ether oxygens (including phenoxy) is 1. The number of rotatable bonds is 0. The number of fused-ring (bicyclic) bond motifs is 1. The lowest BCUT2D eigenvalue weighted by Gasteiger charge is -2.18. The molecule has 0 amide bonds. The highest BCUT2D eigenvalue weighted by Crippen LogP contribution is 2.29. The van der Waals surface area contributed by atoms with E-state index in [4.69, 9.17) is 10.5 Å². The van der Waals surface area contributed by atoms with Crippen LogP contribution in [0.15, 0.2) is 12.1 Å². The summed E-state index contributed by atoms with van der Waals surface area (Å²) in [4.78, 5) is 11.5. The number of ketones is 1. The van der Waals surface area contributed by atoms with E-state index in [2.05, 4.69) is 0 Å². The second-order valence-electron chi connectivity index (χ2n) is 3.23. The van der Waals surface area contributed by atoms with E-state index in [0.29, 0.717) is 30.0 Å². The van der Waals surface area contributed by atoms with Crippen molar-refractivity contribution in [2.75, 3.05) is 12.3 Å². The smallest absolute Gasteiger partial charge is 0.170 e. The molecule has 1 aliphatic heterocycles. The molecule has 0 spiro atoms. The molecule has 0 saturated carbocycles. The highest BCUT2D eigenvalue weighted by molar-refractivity contribution is 6.01. The predicted molar refractivity (Wildman–Crippen MR) is 50.0 cm³/mol. The van der Waals surface area contributed by atoms with Crippen LogP contribution in [0.4, 0.5) is 5.69 Å². The summed E-state index contributed by atoms with van der Waals surface area (Å²) in [6, 6.07) is 3.50. The predicted octanol–water partition coefficient (Wildman–Crippen LogP) is 1.54. The Labute approximate surface area is 76.5 Å². The van der Waals surface area contributed by atoms with Gasteiger partial charge in [0, 0.05) is 18.2 Å². The van der Waals surface area contributed by atoms with Crippen LogP contribution in [0.5, 0.6) is 5.75 Å². The maximum atomic E-state index is 11.5. The number of carbonyl (C=O) groups is 1. The van der Waals surface area contributed by atoms with Gasteiger partial charge in [0.15, 0.2) is 5.78 Å². The van der Waals surface area contributed by atoms with Crippen LogP contribution >= 0.6 is 0 Å². The van der Waals surface area contributed by atoms with Gasteiger partial charge < -0.3 is 10.5 Å². The minimum absolute atomic E-state index is 0.152. The SMILES string of the molecule is Cc1cc(N)cc2c1C(=O)CCO2. The molecule has 1 aromatic rings. The van der Waals surface area contributed by atoms with E-state index in [1.54, 1.807) is 12.1 Å². The zero-order valence-electron chi connectivity index (χ0n) is 7.46. The Morgan fingerprint density at radius 3 is 3.00 bits per heavy atom. The molecule has 1 aromatic carbocycles. The number of nitrogens with two attached hydrogens (primary N) is 1. The lowest BCUT2D eigenvalue weighted by atomic mass is 9.99. The van der Waals surface area contributed by atoms with Crippen LogP contribution in [0.3, 0.4) is 0 Å². The number of Topliss-reactive ketones (excluding diaryl/α,β-unsaturated/α-hetero) is 1. The molecule has 0 aliphatic carbocycles. The van der Waals surface area contributed by atoms with Crippen molar-refractivity contribution in [2.24, 2.45) is 0 Å². The van der Waals surface area contributed by atoms with Crippen LogP contribution in [0, 0.1) is 6.92 Å². The third-order valence-electron chi connectivity index (χ3n) is 2.19. The maximum Gasteiger partial charge on any atom is 0.170 e. The number of hydrogen-bond acceptors (Lipinski definition) is 3. The molecule has 3 heteroatoms. The summed E-state index contributed by atoms with van der Waals surface area (Å²) in [7, 11) is 0. The van der Waals surface area contributed by atoms with Crippen LogP contribution in [0.25, 0.3) is 0 Å². The molecule has 1 heterocycles. The Bertz CT molecular complexity index is 371. The van der Waals surface area contributed by atoms with Crippen molar-refractivity contribution in [3.63, 3.8) is 0 Å². The number of hydrogen-bond donors (Lipinski definition) is 1. The first-order valence-corrected chi connectivity index (χ1v) is 4.24. The molecule has 2 N–H and O–H groups in total. The zero-order chi connectivity index (χ0) is 9.42. The van der Waals surface area contributed by atoms with Gasteiger partial charge in [0.2, 0.25) is 0 Å². The average molecular weight is 177 g/mol. The third-order valence-corrected chi connectivity index (χ3v) is 2.19. The Morgan fingerprint density at radius 2 is 2.23 bits per heavy atom. The molecule has 1 aliphatic rings. The Hall–Kier alpha value is -1.51. The normalized spacial score (nSPS) is 15.0. The summed E-state index contributed by atoms with van der Waals surface area (Å²) in [5.74, 6) is 0.785. The second-order valence-corrected chi connectivity index (χ2v) is 3.23. The van der Waals surface area contributed by atoms with Crippen LogP contribution < -0.4 is 10.5 Å². The fourth-order valence-electron chi connectivity index (χ4n) is 1.63. The van der Waals surface area contributed by atoms with Gasteiger partial charge >= 0.3 is 0 Å². The fraction of sp³-hybridized carbons (Fsp3) is 0.300. The number of aryl methyl sites for hydroxylation is 1. The van der Waals surface area contributed by atoms with E-state index < -0.39 is 0 Å². The monoisotopic (exact) mass is 177 g/mol. The highest BCUT2D eigenvalue weighted by atomic mass is 16.5. The lowest BCUT2D eigenvalue weighted by molar-refractivity contribution is 0.0933. The molecule has 0 radical (unpaired) electrons. The lowest BCUT2D eigenvalue weighted by Crippen LogP contribution is -2.16. The molecule has 0 fully saturated rings. The van der Waals surface area contributed by atoms with Crippen molar-refractivity contribution in [1.29, 1.82) is 0 Å². The molecule has 2 rings (SSSR count). The van der Waals surface area contributed by atoms with Gasteiger partial charge in [-0.1, -0.05) is 0 Å². The fourth-order valence-corrected chi connectivity index (χ4v) is 1.63. The van der Waals surface area contributed by atoms with Crippen molar-refractivity contribution in [3.8, 4) is 5.75 Å². The first kappa shape index (κ1) is 8.10. The summed E-state index contributed by atoms with van der Waals surface area (Å²) in [5, 5.41) is 0. The van der Waals surface area contributed by atoms with Crippen molar-refractivity contribution >= 4 is 11.5 Å². The zero-order valence-corrected chi connectivity index (χ0v) is 7.46.